The van der Waals surface area contributed by atoms with E-state index in [2.05, 4.69) is 19.9 Å². The molecule has 0 amide bonds. The van der Waals surface area contributed by atoms with Crippen LogP contribution in [-0.2, 0) is 13.6 Å². The lowest BCUT2D eigenvalue weighted by Crippen LogP contribution is -2.20. The Kier molecular flexibility index (Phi) is 3.78. The van der Waals surface area contributed by atoms with E-state index in [4.69, 9.17) is 0 Å². The van der Waals surface area contributed by atoms with Crippen molar-refractivity contribution in [3.8, 4) is 16.9 Å². The summed E-state index contributed by atoms with van der Waals surface area (Å²) in [5.41, 5.74) is 3.85. The highest BCUT2D eigenvalue weighted by atomic mass is 16.1. The Hall–Kier alpha value is -3.42. The number of rotatable bonds is 5. The molecule has 1 saturated carbocycles. The van der Waals surface area contributed by atoms with Gasteiger partial charge >= 0.3 is 0 Å². The van der Waals surface area contributed by atoms with Crippen molar-refractivity contribution < 1.29 is 0 Å². The van der Waals surface area contributed by atoms with Crippen LogP contribution in [0.15, 0.2) is 53.8 Å². The fourth-order valence-corrected chi connectivity index (χ4v) is 3.66. The molecular weight excluding hydrogens is 354 g/mol. The summed E-state index contributed by atoms with van der Waals surface area (Å²) < 4.78 is 7.49. The Labute approximate surface area is 161 Å². The Balaban J connectivity index is 1.51. The molecule has 4 aromatic rings. The molecule has 8 heteroatoms. The van der Waals surface area contributed by atoms with Gasteiger partial charge < -0.3 is 4.57 Å². The van der Waals surface area contributed by atoms with E-state index in [0.717, 1.165) is 17.1 Å². The van der Waals surface area contributed by atoms with Gasteiger partial charge in [0, 0.05) is 18.8 Å². The molecule has 0 atom stereocenters. The Bertz CT molecular complexity index is 1190. The van der Waals surface area contributed by atoms with E-state index in [0.29, 0.717) is 23.8 Å². The highest BCUT2D eigenvalue weighted by Crippen LogP contribution is 2.35. The maximum atomic E-state index is 13.1. The summed E-state index contributed by atoms with van der Waals surface area (Å²) in [6.45, 7) is 2.51. The van der Waals surface area contributed by atoms with E-state index < -0.39 is 0 Å². The second-order valence-electron chi connectivity index (χ2n) is 7.26. The summed E-state index contributed by atoms with van der Waals surface area (Å²) in [6, 6.07) is 10.2. The second kappa shape index (κ2) is 6.33. The fraction of sp³-hybridized carbons (Fsp3) is 0.300. The quantitative estimate of drug-likeness (QED) is 0.536. The Morgan fingerprint density at radius 2 is 1.96 bits per heavy atom. The number of nitrogens with zero attached hydrogens (tertiary/aromatic N) is 7. The molecule has 0 radical (unpaired) electrons. The number of imidazole rings is 1. The smallest absolute Gasteiger partial charge is 0.281 e. The summed E-state index contributed by atoms with van der Waals surface area (Å²) in [5.74, 6) is 0. The average Bonchev–Trinajstić information content (AvgIpc) is 3.19. The zero-order valence-electron chi connectivity index (χ0n) is 15.9. The molecule has 0 spiro atoms. The van der Waals surface area contributed by atoms with E-state index in [1.165, 1.54) is 12.8 Å². The third-order valence-electron chi connectivity index (χ3n) is 5.36. The molecule has 0 bridgehead atoms. The molecule has 28 heavy (non-hydrogen) atoms. The third kappa shape index (κ3) is 2.69. The van der Waals surface area contributed by atoms with Crippen LogP contribution in [0.4, 0.5) is 0 Å². The summed E-state index contributed by atoms with van der Waals surface area (Å²) >= 11 is 0. The number of hydrogen-bond acceptors (Lipinski definition) is 4. The zero-order chi connectivity index (χ0) is 19.3. The van der Waals surface area contributed by atoms with Crippen LogP contribution in [0.25, 0.3) is 16.9 Å². The molecule has 0 unspecified atom stereocenters. The molecule has 5 rings (SSSR count). The lowest BCUT2D eigenvalue weighted by atomic mass is 10.2. The van der Waals surface area contributed by atoms with E-state index in [1.54, 1.807) is 9.36 Å². The SMILES string of the molecule is Cc1c(-c2cn(Cc3cncn3C3CC3)nn2)c(=O)n(-c2ccccc2)n1C. The van der Waals surface area contributed by atoms with Crippen molar-refractivity contribution in [1.29, 1.82) is 0 Å². The van der Waals surface area contributed by atoms with Crippen molar-refractivity contribution in [3.05, 3.63) is 70.8 Å². The van der Waals surface area contributed by atoms with Gasteiger partial charge in [-0.25, -0.2) is 14.3 Å². The maximum absolute atomic E-state index is 13.1. The molecular formula is C20H21N7O. The lowest BCUT2D eigenvalue weighted by molar-refractivity contribution is 0.597. The first kappa shape index (κ1) is 16.7. The van der Waals surface area contributed by atoms with Gasteiger partial charge in [-0.2, -0.15) is 0 Å². The Morgan fingerprint density at radius 3 is 2.71 bits per heavy atom. The number of aromatic nitrogens is 7. The molecule has 1 fully saturated rings. The summed E-state index contributed by atoms with van der Waals surface area (Å²) in [6.07, 6.45) is 7.99. The normalized spacial score (nSPS) is 13.9. The molecule has 8 nitrogen and oxygen atoms in total. The van der Waals surface area contributed by atoms with Crippen molar-refractivity contribution in [3.63, 3.8) is 0 Å². The molecule has 1 aliphatic rings. The largest absolute Gasteiger partial charge is 0.330 e. The molecule has 0 aliphatic heterocycles. The number of hydrogen-bond donors (Lipinski definition) is 0. The third-order valence-corrected chi connectivity index (χ3v) is 5.36. The molecule has 3 heterocycles. The van der Waals surface area contributed by atoms with Crippen LogP contribution >= 0.6 is 0 Å². The van der Waals surface area contributed by atoms with E-state index >= 15 is 0 Å². The molecule has 0 N–H and O–H groups in total. The summed E-state index contributed by atoms with van der Waals surface area (Å²) in [7, 11) is 1.88. The Morgan fingerprint density at radius 1 is 1.18 bits per heavy atom. The van der Waals surface area contributed by atoms with Crippen LogP contribution in [0.2, 0.25) is 0 Å². The lowest BCUT2D eigenvalue weighted by Gasteiger charge is -2.07. The first-order valence-electron chi connectivity index (χ1n) is 9.38. The predicted octanol–water partition coefficient (Wildman–Crippen LogP) is 2.32. The highest BCUT2D eigenvalue weighted by Gasteiger charge is 2.25. The van der Waals surface area contributed by atoms with Gasteiger partial charge in [0.2, 0.25) is 0 Å². The van der Waals surface area contributed by atoms with E-state index in [9.17, 15) is 4.79 Å². The van der Waals surface area contributed by atoms with Gasteiger partial charge in [0.15, 0.2) is 0 Å². The maximum Gasteiger partial charge on any atom is 0.281 e. The average molecular weight is 375 g/mol. The predicted molar refractivity (Wildman–Crippen MR) is 104 cm³/mol. The second-order valence-corrected chi connectivity index (χ2v) is 7.26. The minimum atomic E-state index is -0.0960. The molecule has 142 valence electrons. The number of para-hydroxylation sites is 1. The molecule has 1 aliphatic carbocycles. The van der Waals surface area contributed by atoms with Gasteiger partial charge in [-0.3, -0.25) is 9.48 Å². The fourth-order valence-electron chi connectivity index (χ4n) is 3.66. The summed E-state index contributed by atoms with van der Waals surface area (Å²) in [4.78, 5) is 17.4. The first-order valence-corrected chi connectivity index (χ1v) is 9.38. The van der Waals surface area contributed by atoms with Crippen molar-refractivity contribution in [2.75, 3.05) is 0 Å². The van der Waals surface area contributed by atoms with Crippen molar-refractivity contribution in [2.45, 2.75) is 32.4 Å². The van der Waals surface area contributed by atoms with E-state index in [1.807, 2.05) is 67.7 Å². The van der Waals surface area contributed by atoms with Crippen molar-refractivity contribution >= 4 is 0 Å². The monoisotopic (exact) mass is 375 g/mol. The minimum absolute atomic E-state index is 0.0960. The van der Waals surface area contributed by atoms with Gasteiger partial charge in [-0.05, 0) is 31.9 Å². The van der Waals surface area contributed by atoms with Gasteiger partial charge in [-0.15, -0.1) is 5.10 Å². The van der Waals surface area contributed by atoms with E-state index in [-0.39, 0.29) is 5.56 Å². The van der Waals surface area contributed by atoms with Crippen molar-refractivity contribution in [2.24, 2.45) is 7.05 Å². The van der Waals surface area contributed by atoms with Crippen LogP contribution in [-0.4, -0.2) is 33.9 Å². The molecule has 0 saturated heterocycles. The van der Waals surface area contributed by atoms with Crippen LogP contribution < -0.4 is 5.56 Å². The van der Waals surface area contributed by atoms with Crippen LogP contribution in [0.3, 0.4) is 0 Å². The first-order chi connectivity index (χ1) is 13.6. The molecule has 1 aromatic carbocycles. The topological polar surface area (TPSA) is 75.5 Å². The van der Waals surface area contributed by atoms with Gasteiger partial charge in [0.25, 0.3) is 5.56 Å². The van der Waals surface area contributed by atoms with Crippen LogP contribution in [0, 0.1) is 6.92 Å². The standard InChI is InChI=1S/C20H21N7O/c1-14-19(20(28)27(24(14)2)16-6-4-3-5-7-16)18-12-25(23-22-18)11-17-10-21-13-26(17)15-8-9-15/h3-7,10,12-13,15H,8-9,11H2,1-2H3. The minimum Gasteiger partial charge on any atom is -0.330 e. The van der Waals surface area contributed by atoms with Crippen LogP contribution in [0.5, 0.6) is 0 Å². The number of benzene rings is 1. The molecule has 3 aromatic heterocycles. The van der Waals surface area contributed by atoms with Gasteiger partial charge in [0.05, 0.1) is 42.2 Å². The van der Waals surface area contributed by atoms with Gasteiger partial charge in [-0.1, -0.05) is 23.4 Å². The zero-order valence-corrected chi connectivity index (χ0v) is 15.9. The summed E-state index contributed by atoms with van der Waals surface area (Å²) in [5, 5.41) is 8.53. The van der Waals surface area contributed by atoms with Crippen LogP contribution in [0.1, 0.15) is 30.3 Å². The highest BCUT2D eigenvalue weighted by molar-refractivity contribution is 5.60. The van der Waals surface area contributed by atoms with Crippen molar-refractivity contribution in [1.82, 2.24) is 33.9 Å². The van der Waals surface area contributed by atoms with Gasteiger partial charge in [0.1, 0.15) is 5.69 Å².